The van der Waals surface area contributed by atoms with Crippen LogP contribution >= 0.6 is 11.6 Å². The summed E-state index contributed by atoms with van der Waals surface area (Å²) in [6.07, 6.45) is 3.15. The number of benzene rings is 1. The topological polar surface area (TPSA) is 49.4 Å². The van der Waals surface area contributed by atoms with Gasteiger partial charge in [-0.1, -0.05) is 24.4 Å². The molecule has 2 amide bonds. The highest BCUT2D eigenvalue weighted by Crippen LogP contribution is 2.35. The molecule has 1 aromatic rings. The van der Waals surface area contributed by atoms with Crippen LogP contribution in [-0.2, 0) is 9.59 Å². The Labute approximate surface area is 120 Å². The van der Waals surface area contributed by atoms with E-state index in [1.165, 1.54) is 23.1 Å². The number of hydrogen-bond acceptors (Lipinski definition) is 2. The molecule has 0 radical (unpaired) electrons. The first-order valence-electron chi connectivity index (χ1n) is 6.60. The van der Waals surface area contributed by atoms with Crippen LogP contribution in [0.4, 0.5) is 10.1 Å². The molecule has 1 spiro atoms. The Kier molecular flexibility index (Phi) is 3.17. The Balaban J connectivity index is 1.97. The van der Waals surface area contributed by atoms with Crippen molar-refractivity contribution in [1.82, 2.24) is 5.32 Å². The summed E-state index contributed by atoms with van der Waals surface area (Å²) in [5.41, 5.74) is -0.321. The lowest BCUT2D eigenvalue weighted by Gasteiger charge is -2.39. The van der Waals surface area contributed by atoms with Gasteiger partial charge in [0.25, 0.3) is 5.91 Å². The number of halogens is 2. The van der Waals surface area contributed by atoms with Gasteiger partial charge in [0.05, 0.1) is 5.02 Å². The number of amides is 2. The molecule has 106 valence electrons. The molecule has 20 heavy (non-hydrogen) atoms. The Morgan fingerprint density at radius 3 is 2.60 bits per heavy atom. The number of rotatable bonds is 1. The van der Waals surface area contributed by atoms with Gasteiger partial charge in [-0.3, -0.25) is 9.59 Å². The molecule has 1 aliphatic heterocycles. The van der Waals surface area contributed by atoms with E-state index in [2.05, 4.69) is 5.32 Å². The zero-order chi connectivity index (χ0) is 14.3. The lowest BCUT2D eigenvalue weighted by molar-refractivity contribution is -0.135. The van der Waals surface area contributed by atoms with Crippen LogP contribution in [0.3, 0.4) is 0 Å². The maximum Gasteiger partial charge on any atom is 0.253 e. The van der Waals surface area contributed by atoms with E-state index in [1.54, 1.807) is 0 Å². The van der Waals surface area contributed by atoms with E-state index in [9.17, 15) is 14.0 Å². The van der Waals surface area contributed by atoms with Crippen molar-refractivity contribution in [2.75, 3.05) is 11.4 Å². The smallest absolute Gasteiger partial charge is 0.253 e. The summed E-state index contributed by atoms with van der Waals surface area (Å²) >= 11 is 5.75. The Morgan fingerprint density at radius 1 is 1.25 bits per heavy atom. The average Bonchev–Trinajstić information content (AvgIpc) is 2.86. The van der Waals surface area contributed by atoms with E-state index in [0.29, 0.717) is 18.5 Å². The van der Waals surface area contributed by atoms with Crippen molar-refractivity contribution in [3.8, 4) is 0 Å². The molecule has 0 bridgehead atoms. The molecule has 1 aromatic carbocycles. The van der Waals surface area contributed by atoms with Crippen LogP contribution in [0.2, 0.25) is 5.02 Å². The lowest BCUT2D eigenvalue weighted by atomic mass is 9.92. The van der Waals surface area contributed by atoms with Crippen molar-refractivity contribution in [2.24, 2.45) is 0 Å². The van der Waals surface area contributed by atoms with Gasteiger partial charge < -0.3 is 10.2 Å². The Morgan fingerprint density at radius 2 is 1.95 bits per heavy atom. The minimum atomic E-state index is -0.782. The molecule has 1 heterocycles. The Hall–Kier alpha value is -1.62. The lowest BCUT2D eigenvalue weighted by Crippen LogP contribution is -2.65. The molecular formula is C14H14ClFN2O2. The maximum absolute atomic E-state index is 13.2. The fraction of sp³-hybridized carbons (Fsp3) is 0.429. The molecule has 1 saturated carbocycles. The highest BCUT2D eigenvalue weighted by atomic mass is 35.5. The molecule has 0 aromatic heterocycles. The van der Waals surface area contributed by atoms with Gasteiger partial charge in [0, 0.05) is 5.69 Å². The van der Waals surface area contributed by atoms with Crippen LogP contribution in [0.1, 0.15) is 25.7 Å². The molecule has 1 aliphatic carbocycles. The minimum absolute atomic E-state index is 0.0530. The van der Waals surface area contributed by atoms with Crippen molar-refractivity contribution < 1.29 is 14.0 Å². The first-order chi connectivity index (χ1) is 9.52. The summed E-state index contributed by atoms with van der Waals surface area (Å²) in [7, 11) is 0. The predicted molar refractivity (Wildman–Crippen MR) is 73.1 cm³/mol. The van der Waals surface area contributed by atoms with Crippen LogP contribution in [-0.4, -0.2) is 23.9 Å². The van der Waals surface area contributed by atoms with Gasteiger partial charge in [0.1, 0.15) is 17.9 Å². The quantitative estimate of drug-likeness (QED) is 0.864. The Bertz CT molecular complexity index is 585. The van der Waals surface area contributed by atoms with Crippen molar-refractivity contribution in [3.05, 3.63) is 29.0 Å². The largest absolute Gasteiger partial charge is 0.340 e. The molecule has 1 saturated heterocycles. The number of anilines is 1. The summed E-state index contributed by atoms with van der Waals surface area (Å²) in [6.45, 7) is -0.0530. The van der Waals surface area contributed by atoms with Crippen molar-refractivity contribution in [3.63, 3.8) is 0 Å². The first-order valence-corrected chi connectivity index (χ1v) is 6.98. The third kappa shape index (κ3) is 2.06. The van der Waals surface area contributed by atoms with Gasteiger partial charge in [-0.25, -0.2) is 4.39 Å². The summed E-state index contributed by atoms with van der Waals surface area (Å²) < 4.78 is 13.2. The second-order valence-corrected chi connectivity index (χ2v) is 5.73. The van der Waals surface area contributed by atoms with Gasteiger partial charge in [0.15, 0.2) is 0 Å². The number of piperazine rings is 1. The molecule has 0 unspecified atom stereocenters. The highest BCUT2D eigenvalue weighted by Gasteiger charge is 2.48. The summed E-state index contributed by atoms with van der Waals surface area (Å²) in [4.78, 5) is 26.0. The van der Waals surface area contributed by atoms with Crippen molar-refractivity contribution in [1.29, 1.82) is 0 Å². The van der Waals surface area contributed by atoms with Crippen molar-refractivity contribution >= 4 is 29.1 Å². The molecule has 4 nitrogen and oxygen atoms in total. The maximum atomic E-state index is 13.2. The number of carbonyl (C=O) groups is 2. The monoisotopic (exact) mass is 296 g/mol. The SMILES string of the molecule is O=C1CN(c2ccc(F)c(Cl)c2)C(=O)C2(CCCC2)N1. The van der Waals surface area contributed by atoms with Crippen LogP contribution in [0.25, 0.3) is 0 Å². The second kappa shape index (κ2) is 4.74. The normalized spacial score (nSPS) is 21.4. The number of carbonyl (C=O) groups excluding carboxylic acids is 2. The second-order valence-electron chi connectivity index (χ2n) is 5.33. The number of nitrogens with one attached hydrogen (secondary N) is 1. The number of nitrogens with zero attached hydrogens (tertiary/aromatic N) is 1. The average molecular weight is 297 g/mol. The first kappa shape index (κ1) is 13.4. The minimum Gasteiger partial charge on any atom is -0.340 e. The van der Waals surface area contributed by atoms with E-state index >= 15 is 0 Å². The van der Waals surface area contributed by atoms with Crippen molar-refractivity contribution in [2.45, 2.75) is 31.2 Å². The molecule has 1 N–H and O–H groups in total. The predicted octanol–water partition coefficient (Wildman–Crippen LogP) is 2.25. The molecule has 0 atom stereocenters. The molecule has 3 rings (SSSR count). The highest BCUT2D eigenvalue weighted by molar-refractivity contribution is 6.31. The van der Waals surface area contributed by atoms with Crippen LogP contribution in [0.15, 0.2) is 18.2 Å². The van der Waals surface area contributed by atoms with E-state index < -0.39 is 11.4 Å². The third-order valence-electron chi connectivity index (χ3n) is 4.01. The molecule has 2 aliphatic rings. The van der Waals surface area contributed by atoms with Gasteiger partial charge >= 0.3 is 0 Å². The zero-order valence-corrected chi connectivity index (χ0v) is 11.5. The summed E-state index contributed by atoms with van der Waals surface area (Å²) in [5, 5.41) is 2.78. The fourth-order valence-electron chi connectivity index (χ4n) is 3.01. The van der Waals surface area contributed by atoms with E-state index in [1.807, 2.05) is 0 Å². The van der Waals surface area contributed by atoms with Gasteiger partial charge in [0.2, 0.25) is 5.91 Å². The third-order valence-corrected chi connectivity index (χ3v) is 4.30. The van der Waals surface area contributed by atoms with E-state index in [0.717, 1.165) is 12.8 Å². The van der Waals surface area contributed by atoms with E-state index in [-0.39, 0.29) is 23.4 Å². The fourth-order valence-corrected chi connectivity index (χ4v) is 3.19. The molecule has 6 heteroatoms. The molecule has 2 fully saturated rings. The number of hydrogen-bond donors (Lipinski definition) is 1. The summed E-state index contributed by atoms with van der Waals surface area (Å²) in [6, 6.07) is 4.06. The van der Waals surface area contributed by atoms with Crippen LogP contribution in [0.5, 0.6) is 0 Å². The van der Waals surface area contributed by atoms with E-state index in [4.69, 9.17) is 11.6 Å². The molecular weight excluding hydrogens is 283 g/mol. The van der Waals surface area contributed by atoms with Crippen LogP contribution in [0, 0.1) is 5.82 Å². The van der Waals surface area contributed by atoms with Gasteiger partial charge in [-0.2, -0.15) is 0 Å². The van der Waals surface area contributed by atoms with Gasteiger partial charge in [-0.05, 0) is 31.0 Å². The summed E-state index contributed by atoms with van der Waals surface area (Å²) in [5.74, 6) is -0.857. The van der Waals surface area contributed by atoms with Crippen LogP contribution < -0.4 is 10.2 Å². The van der Waals surface area contributed by atoms with Gasteiger partial charge in [-0.15, -0.1) is 0 Å². The zero-order valence-electron chi connectivity index (χ0n) is 10.8. The standard InChI is InChI=1S/C14H14ClFN2O2/c15-10-7-9(3-4-11(10)16)18-8-12(19)17-14(13(18)20)5-1-2-6-14/h3-4,7H,1-2,5-6,8H2,(H,17,19).